The van der Waals surface area contributed by atoms with Gasteiger partial charge in [-0.05, 0) is 42.8 Å². The van der Waals surface area contributed by atoms with Crippen LogP contribution < -0.4 is 5.32 Å². The molecule has 0 aromatic heterocycles. The van der Waals surface area contributed by atoms with Gasteiger partial charge in [0.15, 0.2) is 0 Å². The highest BCUT2D eigenvalue weighted by atomic mass is 79.9. The quantitative estimate of drug-likeness (QED) is 0.716. The normalized spacial score (nSPS) is 12.0. The molecular weight excluding hydrogens is 405 g/mol. The van der Waals surface area contributed by atoms with Crippen LogP contribution in [0.1, 0.15) is 28.9 Å². The van der Waals surface area contributed by atoms with Crippen LogP contribution in [0.2, 0.25) is 5.02 Å². The molecule has 0 heterocycles. The number of rotatable bonds is 3. The largest absolute Gasteiger partial charge is 0.346 e. The highest BCUT2D eigenvalue weighted by Crippen LogP contribution is 2.21. The number of halogens is 3. The summed E-state index contributed by atoms with van der Waals surface area (Å²) in [7, 11) is 0. The summed E-state index contributed by atoms with van der Waals surface area (Å²) in [4.78, 5) is 12.2. The van der Waals surface area contributed by atoms with Gasteiger partial charge in [-0.3, -0.25) is 4.79 Å². The molecule has 104 valence electrons. The molecule has 0 radical (unpaired) electrons. The molecule has 0 aliphatic heterocycles. The third kappa shape index (κ3) is 4.08. The summed E-state index contributed by atoms with van der Waals surface area (Å²) < 4.78 is 1.71. The average Bonchev–Trinajstić information content (AvgIpc) is 2.37. The molecule has 0 aliphatic carbocycles. The number of carbonyl (C=O) groups excluding carboxylic acids is 1. The highest BCUT2D eigenvalue weighted by molar-refractivity contribution is 9.11. The minimum atomic E-state index is -0.125. The van der Waals surface area contributed by atoms with Crippen LogP contribution in [0.15, 0.2) is 51.4 Å². The van der Waals surface area contributed by atoms with Gasteiger partial charge >= 0.3 is 0 Å². The fourth-order valence-corrected chi connectivity index (χ4v) is 3.32. The van der Waals surface area contributed by atoms with Crippen LogP contribution >= 0.6 is 43.5 Å². The summed E-state index contributed by atoms with van der Waals surface area (Å²) in [5.41, 5.74) is 1.57. The van der Waals surface area contributed by atoms with Crippen molar-refractivity contribution in [2.24, 2.45) is 0 Å². The molecule has 0 aliphatic rings. The van der Waals surface area contributed by atoms with Gasteiger partial charge in [-0.25, -0.2) is 0 Å². The van der Waals surface area contributed by atoms with E-state index in [4.69, 9.17) is 11.6 Å². The van der Waals surface area contributed by atoms with E-state index < -0.39 is 0 Å². The average molecular weight is 418 g/mol. The molecule has 2 nitrogen and oxygen atoms in total. The lowest BCUT2D eigenvalue weighted by atomic mass is 10.1. The molecule has 2 aromatic rings. The van der Waals surface area contributed by atoms with Crippen molar-refractivity contribution in [1.29, 1.82) is 0 Å². The maximum Gasteiger partial charge on any atom is 0.251 e. The van der Waals surface area contributed by atoms with E-state index >= 15 is 0 Å². The van der Waals surface area contributed by atoms with Crippen molar-refractivity contribution in [2.75, 3.05) is 0 Å². The Morgan fingerprint density at radius 1 is 1.15 bits per heavy atom. The summed E-state index contributed by atoms with van der Waals surface area (Å²) in [5.74, 6) is -0.125. The van der Waals surface area contributed by atoms with Crippen LogP contribution in [0.25, 0.3) is 0 Å². The Morgan fingerprint density at radius 2 is 1.80 bits per heavy atom. The Kier molecular flexibility index (Phi) is 5.24. The lowest BCUT2D eigenvalue weighted by molar-refractivity contribution is 0.0939. The number of amides is 1. The molecule has 0 bridgehead atoms. The SMILES string of the molecule is CC(NC(=O)c1cc(Br)cc(Br)c1)c1cccc(Cl)c1. The molecule has 20 heavy (non-hydrogen) atoms. The molecule has 1 atom stereocenters. The molecule has 0 saturated carbocycles. The third-order valence-electron chi connectivity index (χ3n) is 2.82. The van der Waals surface area contributed by atoms with Gasteiger partial charge in [-0.1, -0.05) is 55.6 Å². The molecule has 0 fully saturated rings. The second-order valence-electron chi connectivity index (χ2n) is 4.41. The lowest BCUT2D eigenvalue weighted by Crippen LogP contribution is -2.26. The summed E-state index contributed by atoms with van der Waals surface area (Å²) >= 11 is 12.7. The van der Waals surface area contributed by atoms with Crippen molar-refractivity contribution in [3.8, 4) is 0 Å². The first-order valence-electron chi connectivity index (χ1n) is 5.98. The first-order chi connectivity index (χ1) is 9.45. The van der Waals surface area contributed by atoms with Gasteiger partial charge in [0.2, 0.25) is 0 Å². The van der Waals surface area contributed by atoms with Crippen LogP contribution in [0.5, 0.6) is 0 Å². The highest BCUT2D eigenvalue weighted by Gasteiger charge is 2.12. The predicted molar refractivity (Wildman–Crippen MR) is 89.2 cm³/mol. The standard InChI is InChI=1S/C15H12Br2ClNO/c1-9(10-3-2-4-14(18)7-10)19-15(20)11-5-12(16)8-13(17)6-11/h2-9H,1H3,(H,19,20). The minimum absolute atomic E-state index is 0.112. The van der Waals surface area contributed by atoms with E-state index in [-0.39, 0.29) is 11.9 Å². The van der Waals surface area contributed by atoms with Crippen molar-refractivity contribution < 1.29 is 4.79 Å². The fourth-order valence-electron chi connectivity index (χ4n) is 1.82. The van der Waals surface area contributed by atoms with Crippen LogP contribution in [0.4, 0.5) is 0 Å². The molecule has 5 heteroatoms. The predicted octanol–water partition coefficient (Wildman–Crippen LogP) is 5.36. The van der Waals surface area contributed by atoms with E-state index in [1.165, 1.54) is 0 Å². The van der Waals surface area contributed by atoms with Crippen molar-refractivity contribution in [2.45, 2.75) is 13.0 Å². The Balaban J connectivity index is 2.15. The third-order valence-corrected chi connectivity index (χ3v) is 3.97. The first-order valence-corrected chi connectivity index (χ1v) is 7.94. The summed E-state index contributed by atoms with van der Waals surface area (Å²) in [6, 6.07) is 12.8. The zero-order valence-corrected chi connectivity index (χ0v) is 14.6. The van der Waals surface area contributed by atoms with Crippen LogP contribution in [-0.2, 0) is 0 Å². The minimum Gasteiger partial charge on any atom is -0.346 e. The molecule has 1 N–H and O–H groups in total. The van der Waals surface area contributed by atoms with E-state index in [0.29, 0.717) is 10.6 Å². The van der Waals surface area contributed by atoms with Crippen LogP contribution in [0.3, 0.4) is 0 Å². The number of benzene rings is 2. The molecule has 2 aromatic carbocycles. The fraction of sp³-hybridized carbons (Fsp3) is 0.133. The number of hydrogen-bond acceptors (Lipinski definition) is 1. The van der Waals surface area contributed by atoms with E-state index in [0.717, 1.165) is 14.5 Å². The van der Waals surface area contributed by atoms with Gasteiger partial charge in [-0.2, -0.15) is 0 Å². The van der Waals surface area contributed by atoms with E-state index in [9.17, 15) is 4.79 Å². The molecule has 0 spiro atoms. The van der Waals surface area contributed by atoms with Crippen LogP contribution in [0, 0.1) is 0 Å². The van der Waals surface area contributed by atoms with Gasteiger partial charge in [0.05, 0.1) is 6.04 Å². The topological polar surface area (TPSA) is 29.1 Å². The maximum atomic E-state index is 12.2. The van der Waals surface area contributed by atoms with Crippen molar-refractivity contribution in [3.05, 3.63) is 67.6 Å². The van der Waals surface area contributed by atoms with Gasteiger partial charge < -0.3 is 5.32 Å². The van der Waals surface area contributed by atoms with Gasteiger partial charge in [-0.15, -0.1) is 0 Å². The Morgan fingerprint density at radius 3 is 2.40 bits per heavy atom. The van der Waals surface area contributed by atoms with E-state index in [1.807, 2.05) is 37.3 Å². The Hall–Kier alpha value is -0.840. The monoisotopic (exact) mass is 415 g/mol. The van der Waals surface area contributed by atoms with Gasteiger partial charge in [0, 0.05) is 19.5 Å². The molecule has 0 saturated heterocycles. The molecule has 1 amide bonds. The van der Waals surface area contributed by atoms with Gasteiger partial charge in [0.1, 0.15) is 0 Å². The van der Waals surface area contributed by atoms with Gasteiger partial charge in [0.25, 0.3) is 5.91 Å². The van der Waals surface area contributed by atoms with E-state index in [2.05, 4.69) is 37.2 Å². The van der Waals surface area contributed by atoms with Crippen molar-refractivity contribution in [1.82, 2.24) is 5.32 Å². The smallest absolute Gasteiger partial charge is 0.251 e. The second kappa shape index (κ2) is 6.74. The van der Waals surface area contributed by atoms with Crippen LogP contribution in [-0.4, -0.2) is 5.91 Å². The molecule has 1 unspecified atom stereocenters. The zero-order chi connectivity index (χ0) is 14.7. The van der Waals surface area contributed by atoms with Crippen molar-refractivity contribution in [3.63, 3.8) is 0 Å². The van der Waals surface area contributed by atoms with Crippen molar-refractivity contribution >= 4 is 49.4 Å². The summed E-state index contributed by atoms with van der Waals surface area (Å²) in [6.45, 7) is 1.93. The van der Waals surface area contributed by atoms with E-state index in [1.54, 1.807) is 12.1 Å². The lowest BCUT2D eigenvalue weighted by Gasteiger charge is -2.15. The Bertz CT molecular complexity index is 625. The number of carbonyl (C=O) groups is 1. The maximum absolute atomic E-state index is 12.2. The molecular formula is C15H12Br2ClNO. The number of hydrogen-bond donors (Lipinski definition) is 1. The number of nitrogens with one attached hydrogen (secondary N) is 1. The summed E-state index contributed by atoms with van der Waals surface area (Å²) in [5, 5.41) is 3.62. The summed E-state index contributed by atoms with van der Waals surface area (Å²) in [6.07, 6.45) is 0. The Labute approximate surface area is 139 Å². The first kappa shape index (κ1) is 15.5. The molecule has 2 rings (SSSR count). The second-order valence-corrected chi connectivity index (χ2v) is 6.68. The zero-order valence-electron chi connectivity index (χ0n) is 10.7.